The van der Waals surface area contributed by atoms with Gasteiger partial charge in [0.15, 0.2) is 0 Å². The van der Waals surface area contributed by atoms with E-state index in [2.05, 4.69) is 45.0 Å². The quantitative estimate of drug-likeness (QED) is 0.742. The van der Waals surface area contributed by atoms with Crippen LogP contribution in [0.2, 0.25) is 0 Å². The van der Waals surface area contributed by atoms with Gasteiger partial charge in [-0.3, -0.25) is 0 Å². The van der Waals surface area contributed by atoms with Crippen LogP contribution in [-0.4, -0.2) is 51.3 Å². The van der Waals surface area contributed by atoms with Crippen molar-refractivity contribution in [3.8, 4) is 0 Å². The number of rotatable bonds is 8. The number of ether oxygens (including phenoxy) is 1. The van der Waals surface area contributed by atoms with Gasteiger partial charge in [0.25, 0.3) is 0 Å². The van der Waals surface area contributed by atoms with Crippen LogP contribution in [0.4, 0.5) is 0 Å². The van der Waals surface area contributed by atoms with E-state index in [9.17, 15) is 0 Å². The number of nitrogens with zero attached hydrogens (tertiary/aromatic N) is 1. The highest BCUT2D eigenvalue weighted by Crippen LogP contribution is 2.34. The molecular formula is C17H36N2O. The van der Waals surface area contributed by atoms with Crippen molar-refractivity contribution in [3.63, 3.8) is 0 Å². The van der Waals surface area contributed by atoms with Crippen LogP contribution in [0.5, 0.6) is 0 Å². The van der Waals surface area contributed by atoms with Crippen LogP contribution in [0.15, 0.2) is 0 Å². The fraction of sp³-hybridized carbons (Fsp3) is 1.00. The smallest absolute Gasteiger partial charge is 0.0589 e. The molecule has 1 fully saturated rings. The van der Waals surface area contributed by atoms with Crippen molar-refractivity contribution in [2.45, 2.75) is 46.6 Å². The molecule has 0 aromatic heterocycles. The largest absolute Gasteiger partial charge is 0.383 e. The average Bonchev–Trinajstić information content (AvgIpc) is 2.37. The van der Waals surface area contributed by atoms with E-state index >= 15 is 0 Å². The summed E-state index contributed by atoms with van der Waals surface area (Å²) in [5.41, 5.74) is 0. The van der Waals surface area contributed by atoms with Gasteiger partial charge in [-0.15, -0.1) is 0 Å². The molecule has 3 nitrogen and oxygen atoms in total. The van der Waals surface area contributed by atoms with Crippen molar-refractivity contribution in [2.24, 2.45) is 23.7 Å². The first-order valence-electron chi connectivity index (χ1n) is 8.36. The zero-order valence-corrected chi connectivity index (χ0v) is 14.5. The summed E-state index contributed by atoms with van der Waals surface area (Å²) in [7, 11) is 3.93. The molecule has 0 aromatic carbocycles. The van der Waals surface area contributed by atoms with Crippen molar-refractivity contribution >= 4 is 0 Å². The fourth-order valence-electron chi connectivity index (χ4n) is 3.84. The molecule has 1 aliphatic rings. The Labute approximate surface area is 126 Å². The van der Waals surface area contributed by atoms with E-state index in [0.717, 1.165) is 36.8 Å². The van der Waals surface area contributed by atoms with Crippen molar-refractivity contribution in [3.05, 3.63) is 0 Å². The van der Waals surface area contributed by atoms with Gasteiger partial charge >= 0.3 is 0 Å². The SMILES string of the molecule is CNC1CC(C)CC(C)C1CN(CCOC)CC(C)C. The standard InChI is InChI=1S/C17H36N2O/c1-13(2)11-19(7-8-20-6)12-16-15(4)9-14(3)10-17(16)18-5/h13-18H,7-12H2,1-6H3. The highest BCUT2D eigenvalue weighted by Gasteiger charge is 2.34. The van der Waals surface area contributed by atoms with Crippen LogP contribution >= 0.6 is 0 Å². The molecule has 0 aliphatic heterocycles. The van der Waals surface area contributed by atoms with E-state index in [1.54, 1.807) is 7.11 Å². The van der Waals surface area contributed by atoms with E-state index in [0.29, 0.717) is 6.04 Å². The maximum absolute atomic E-state index is 5.28. The van der Waals surface area contributed by atoms with E-state index < -0.39 is 0 Å². The van der Waals surface area contributed by atoms with Crippen LogP contribution in [0.3, 0.4) is 0 Å². The summed E-state index contributed by atoms with van der Waals surface area (Å²) < 4.78 is 5.28. The Morgan fingerprint density at radius 1 is 1.25 bits per heavy atom. The summed E-state index contributed by atoms with van der Waals surface area (Å²) in [4.78, 5) is 2.61. The molecule has 0 radical (unpaired) electrons. The van der Waals surface area contributed by atoms with Gasteiger partial charge in [0.05, 0.1) is 6.61 Å². The Kier molecular flexibility index (Phi) is 8.08. The average molecular weight is 284 g/mol. The Bertz CT molecular complexity index is 257. The monoisotopic (exact) mass is 284 g/mol. The molecule has 0 heterocycles. The number of methoxy groups -OCH3 is 1. The Morgan fingerprint density at radius 3 is 2.50 bits per heavy atom. The molecule has 0 amide bonds. The minimum atomic E-state index is 0.672. The normalized spacial score (nSPS) is 31.2. The van der Waals surface area contributed by atoms with Gasteiger partial charge in [-0.2, -0.15) is 0 Å². The summed E-state index contributed by atoms with van der Waals surface area (Å²) >= 11 is 0. The molecule has 4 unspecified atom stereocenters. The number of hydrogen-bond acceptors (Lipinski definition) is 3. The first-order valence-corrected chi connectivity index (χ1v) is 8.36. The predicted octanol–water partition coefficient (Wildman–Crippen LogP) is 2.86. The van der Waals surface area contributed by atoms with Gasteiger partial charge in [0, 0.05) is 32.8 Å². The highest BCUT2D eigenvalue weighted by molar-refractivity contribution is 4.88. The fourth-order valence-corrected chi connectivity index (χ4v) is 3.84. The van der Waals surface area contributed by atoms with Gasteiger partial charge in [-0.25, -0.2) is 0 Å². The number of nitrogens with one attached hydrogen (secondary N) is 1. The molecule has 0 spiro atoms. The molecule has 0 bridgehead atoms. The molecule has 1 aliphatic carbocycles. The second kappa shape index (κ2) is 9.01. The summed E-state index contributed by atoms with van der Waals surface area (Å²) in [6.07, 6.45) is 2.70. The number of hydrogen-bond donors (Lipinski definition) is 1. The molecule has 3 heteroatoms. The third-order valence-corrected chi connectivity index (χ3v) is 4.75. The van der Waals surface area contributed by atoms with Gasteiger partial charge in [0.1, 0.15) is 0 Å². The lowest BCUT2D eigenvalue weighted by Crippen LogP contribution is -2.49. The van der Waals surface area contributed by atoms with Gasteiger partial charge in [-0.05, 0) is 43.6 Å². The van der Waals surface area contributed by atoms with E-state index in [4.69, 9.17) is 4.74 Å². The summed E-state index contributed by atoms with van der Waals surface area (Å²) in [5.74, 6) is 3.16. The Hall–Kier alpha value is -0.120. The van der Waals surface area contributed by atoms with Crippen LogP contribution in [-0.2, 0) is 4.74 Å². The highest BCUT2D eigenvalue weighted by atomic mass is 16.5. The molecule has 1 rings (SSSR count). The van der Waals surface area contributed by atoms with Crippen molar-refractivity contribution in [1.29, 1.82) is 0 Å². The second-order valence-electron chi connectivity index (χ2n) is 7.26. The molecule has 20 heavy (non-hydrogen) atoms. The zero-order chi connectivity index (χ0) is 15.1. The van der Waals surface area contributed by atoms with Crippen molar-refractivity contribution in [1.82, 2.24) is 10.2 Å². The first-order chi connectivity index (χ1) is 9.47. The lowest BCUT2D eigenvalue weighted by atomic mass is 9.72. The van der Waals surface area contributed by atoms with Gasteiger partial charge in [0.2, 0.25) is 0 Å². The van der Waals surface area contributed by atoms with Crippen molar-refractivity contribution in [2.75, 3.05) is 40.4 Å². The van der Waals surface area contributed by atoms with Crippen LogP contribution < -0.4 is 5.32 Å². The maximum Gasteiger partial charge on any atom is 0.0589 e. The Morgan fingerprint density at radius 2 is 1.95 bits per heavy atom. The van der Waals surface area contributed by atoms with Crippen molar-refractivity contribution < 1.29 is 4.74 Å². The van der Waals surface area contributed by atoms with Gasteiger partial charge < -0.3 is 15.0 Å². The first kappa shape index (κ1) is 17.9. The Balaban J connectivity index is 2.63. The summed E-state index contributed by atoms with van der Waals surface area (Å²) in [5, 5.41) is 3.57. The molecule has 120 valence electrons. The summed E-state index contributed by atoms with van der Waals surface area (Å²) in [6.45, 7) is 13.7. The lowest BCUT2D eigenvalue weighted by molar-refractivity contribution is 0.0790. The van der Waals surface area contributed by atoms with E-state index in [-0.39, 0.29) is 0 Å². The molecule has 4 atom stereocenters. The maximum atomic E-state index is 5.28. The van der Waals surface area contributed by atoms with Crippen LogP contribution in [0.25, 0.3) is 0 Å². The lowest BCUT2D eigenvalue weighted by Gasteiger charge is -2.42. The molecule has 1 saturated carbocycles. The van der Waals surface area contributed by atoms with Crippen LogP contribution in [0, 0.1) is 23.7 Å². The molecule has 0 aromatic rings. The molecular weight excluding hydrogens is 248 g/mol. The third-order valence-electron chi connectivity index (χ3n) is 4.75. The minimum Gasteiger partial charge on any atom is -0.383 e. The molecule has 0 saturated heterocycles. The zero-order valence-electron chi connectivity index (χ0n) is 14.5. The minimum absolute atomic E-state index is 0.672. The topological polar surface area (TPSA) is 24.5 Å². The summed E-state index contributed by atoms with van der Waals surface area (Å²) in [6, 6.07) is 0.672. The van der Waals surface area contributed by atoms with E-state index in [1.165, 1.54) is 25.9 Å². The van der Waals surface area contributed by atoms with Crippen LogP contribution in [0.1, 0.15) is 40.5 Å². The molecule has 1 N–H and O–H groups in total. The predicted molar refractivity (Wildman–Crippen MR) is 87.1 cm³/mol. The second-order valence-corrected chi connectivity index (χ2v) is 7.26. The van der Waals surface area contributed by atoms with E-state index in [1.807, 2.05) is 0 Å². The third kappa shape index (κ3) is 5.71. The van der Waals surface area contributed by atoms with Gasteiger partial charge in [-0.1, -0.05) is 27.7 Å².